The lowest BCUT2D eigenvalue weighted by atomic mass is 10.0. The van der Waals surface area contributed by atoms with Crippen LogP contribution < -0.4 is 10.5 Å². The summed E-state index contributed by atoms with van der Waals surface area (Å²) in [5.74, 6) is 0.275. The molecule has 1 aromatic heterocycles. The number of aliphatic hydroxyl groups excluding tert-OH is 1. The van der Waals surface area contributed by atoms with E-state index in [2.05, 4.69) is 14.9 Å². The van der Waals surface area contributed by atoms with Crippen molar-refractivity contribution in [3.63, 3.8) is 0 Å². The number of halogens is 2. The Morgan fingerprint density at radius 2 is 1.93 bits per heavy atom. The molecule has 3 aromatic rings. The standard InChI is InChI=1S/C18H18Cl2N4O3S/c19-12-8-9(28(26,27)24-13-2-1-3-15(13)25)4-5-10(12)11-6-7-14-16(17(11)20)18(21)23-22-14/h4-8,13,15,24-25H,1-3H2,(H3,21,22,23)/t13-,15+/m1/s1. The van der Waals surface area contributed by atoms with Gasteiger partial charge >= 0.3 is 0 Å². The molecule has 0 aliphatic heterocycles. The molecule has 1 fully saturated rings. The van der Waals surface area contributed by atoms with E-state index in [1.807, 2.05) is 0 Å². The number of aliphatic hydroxyl groups is 1. The summed E-state index contributed by atoms with van der Waals surface area (Å²) in [4.78, 5) is 0.0281. The molecule has 2 aromatic carbocycles. The quantitative estimate of drug-likeness (QED) is 0.495. The number of anilines is 1. The first-order valence-corrected chi connectivity index (χ1v) is 10.9. The second kappa shape index (κ2) is 7.20. The van der Waals surface area contributed by atoms with Crippen molar-refractivity contribution in [2.45, 2.75) is 36.3 Å². The fraction of sp³-hybridized carbons (Fsp3) is 0.278. The second-order valence-corrected chi connectivity index (χ2v) is 9.33. The van der Waals surface area contributed by atoms with Crippen molar-refractivity contribution < 1.29 is 13.5 Å². The topological polar surface area (TPSA) is 121 Å². The van der Waals surface area contributed by atoms with Crippen LogP contribution in [0.3, 0.4) is 0 Å². The second-order valence-electron chi connectivity index (χ2n) is 6.83. The molecule has 0 amide bonds. The van der Waals surface area contributed by atoms with E-state index in [4.69, 9.17) is 28.9 Å². The number of fused-ring (bicyclic) bond motifs is 1. The lowest BCUT2D eigenvalue weighted by Crippen LogP contribution is -2.39. The molecular weight excluding hydrogens is 423 g/mol. The van der Waals surface area contributed by atoms with Gasteiger partial charge in [0.25, 0.3) is 0 Å². The van der Waals surface area contributed by atoms with Crippen LogP contribution in [0.4, 0.5) is 5.82 Å². The van der Waals surface area contributed by atoms with Crippen LogP contribution in [0.1, 0.15) is 19.3 Å². The molecule has 4 rings (SSSR count). The maximum Gasteiger partial charge on any atom is 0.240 e. The Morgan fingerprint density at radius 3 is 2.61 bits per heavy atom. The molecule has 1 heterocycles. The van der Waals surface area contributed by atoms with E-state index < -0.39 is 22.2 Å². The third-order valence-electron chi connectivity index (χ3n) is 5.02. The van der Waals surface area contributed by atoms with Gasteiger partial charge in [-0.05, 0) is 37.5 Å². The van der Waals surface area contributed by atoms with Gasteiger partial charge in [-0.25, -0.2) is 13.1 Å². The predicted molar refractivity (Wildman–Crippen MR) is 110 cm³/mol. The number of hydrogen-bond acceptors (Lipinski definition) is 5. The molecule has 148 valence electrons. The van der Waals surface area contributed by atoms with Gasteiger partial charge in [0, 0.05) is 22.2 Å². The van der Waals surface area contributed by atoms with Gasteiger partial charge in [0.2, 0.25) is 10.0 Å². The zero-order valence-corrected chi connectivity index (χ0v) is 16.9. The number of aromatic amines is 1. The minimum Gasteiger partial charge on any atom is -0.391 e. The van der Waals surface area contributed by atoms with Gasteiger partial charge in [-0.3, -0.25) is 5.10 Å². The van der Waals surface area contributed by atoms with Crippen LogP contribution in [0.25, 0.3) is 22.0 Å². The van der Waals surface area contributed by atoms with E-state index in [0.29, 0.717) is 39.9 Å². The Hall–Kier alpha value is -1.84. The minimum absolute atomic E-state index is 0.0281. The van der Waals surface area contributed by atoms with Crippen molar-refractivity contribution in [3.05, 3.63) is 40.4 Å². The monoisotopic (exact) mass is 440 g/mol. The van der Waals surface area contributed by atoms with Crippen molar-refractivity contribution in [3.8, 4) is 11.1 Å². The number of rotatable bonds is 4. The van der Waals surface area contributed by atoms with E-state index in [-0.39, 0.29) is 15.7 Å². The van der Waals surface area contributed by atoms with Crippen molar-refractivity contribution in [1.29, 1.82) is 0 Å². The molecule has 0 unspecified atom stereocenters. The van der Waals surface area contributed by atoms with Gasteiger partial charge in [-0.1, -0.05) is 35.3 Å². The smallest absolute Gasteiger partial charge is 0.240 e. The molecule has 0 radical (unpaired) electrons. The first kappa shape index (κ1) is 19.5. The summed E-state index contributed by atoms with van der Waals surface area (Å²) >= 11 is 12.9. The molecule has 0 bridgehead atoms. The van der Waals surface area contributed by atoms with Crippen LogP contribution in [-0.2, 0) is 10.0 Å². The lowest BCUT2D eigenvalue weighted by molar-refractivity contribution is 0.159. The number of nitrogens with zero attached hydrogens (tertiary/aromatic N) is 1. The summed E-state index contributed by atoms with van der Waals surface area (Å²) in [6.45, 7) is 0. The highest BCUT2D eigenvalue weighted by Crippen LogP contribution is 2.39. The van der Waals surface area contributed by atoms with E-state index >= 15 is 0 Å². The summed E-state index contributed by atoms with van der Waals surface area (Å²) in [7, 11) is -3.80. The summed E-state index contributed by atoms with van der Waals surface area (Å²) in [5.41, 5.74) is 7.76. The Balaban J connectivity index is 1.70. The Bertz CT molecular complexity index is 1160. The normalized spacial score (nSPS) is 20.1. The van der Waals surface area contributed by atoms with Crippen LogP contribution >= 0.6 is 23.2 Å². The van der Waals surface area contributed by atoms with Gasteiger partial charge in [-0.15, -0.1) is 0 Å². The maximum atomic E-state index is 12.6. The van der Waals surface area contributed by atoms with Crippen molar-refractivity contribution in [2.75, 3.05) is 5.73 Å². The van der Waals surface area contributed by atoms with Crippen LogP contribution in [-0.4, -0.2) is 35.9 Å². The summed E-state index contributed by atoms with van der Waals surface area (Å²) in [6.07, 6.45) is 1.31. The average Bonchev–Trinajstić information content (AvgIpc) is 3.22. The zero-order valence-electron chi connectivity index (χ0n) is 14.6. The lowest BCUT2D eigenvalue weighted by Gasteiger charge is -2.17. The van der Waals surface area contributed by atoms with Gasteiger partial charge < -0.3 is 10.8 Å². The van der Waals surface area contributed by atoms with E-state index in [0.717, 1.165) is 6.42 Å². The molecule has 1 aliphatic carbocycles. The molecule has 7 nitrogen and oxygen atoms in total. The number of nitrogen functional groups attached to an aromatic ring is 1. The van der Waals surface area contributed by atoms with Crippen LogP contribution in [0, 0.1) is 0 Å². The highest BCUT2D eigenvalue weighted by molar-refractivity contribution is 7.89. The summed E-state index contributed by atoms with van der Waals surface area (Å²) in [6, 6.07) is 7.51. The third-order valence-corrected chi connectivity index (χ3v) is 7.21. The van der Waals surface area contributed by atoms with Crippen LogP contribution in [0.2, 0.25) is 10.0 Å². The van der Waals surface area contributed by atoms with Crippen LogP contribution in [0.5, 0.6) is 0 Å². The molecule has 28 heavy (non-hydrogen) atoms. The van der Waals surface area contributed by atoms with E-state index in [9.17, 15) is 13.5 Å². The summed E-state index contributed by atoms with van der Waals surface area (Å²) < 4.78 is 27.9. The number of benzene rings is 2. The van der Waals surface area contributed by atoms with Crippen molar-refractivity contribution in [2.24, 2.45) is 0 Å². The first-order valence-electron chi connectivity index (χ1n) is 8.70. The molecular formula is C18H18Cl2N4O3S. The van der Waals surface area contributed by atoms with Gasteiger partial charge in [-0.2, -0.15) is 5.10 Å². The molecule has 2 atom stereocenters. The van der Waals surface area contributed by atoms with E-state index in [1.165, 1.54) is 12.1 Å². The zero-order chi connectivity index (χ0) is 20.1. The highest BCUT2D eigenvalue weighted by Gasteiger charge is 2.30. The van der Waals surface area contributed by atoms with Gasteiger partial charge in [0.05, 0.1) is 26.9 Å². The predicted octanol–water partition coefficient (Wildman–Crippen LogP) is 3.31. The molecule has 10 heteroatoms. The summed E-state index contributed by atoms with van der Waals surface area (Å²) in [5, 5.41) is 17.8. The Kier molecular flexibility index (Phi) is 5.01. The SMILES string of the molecule is Nc1n[nH]c2ccc(-c3ccc(S(=O)(=O)N[C@@H]4CCC[C@@H]4O)cc3Cl)c(Cl)c12. The first-order chi connectivity index (χ1) is 13.3. The largest absolute Gasteiger partial charge is 0.391 e. The molecule has 0 spiro atoms. The number of aromatic nitrogens is 2. The van der Waals surface area contributed by atoms with Gasteiger partial charge in [0.15, 0.2) is 5.82 Å². The number of nitrogens with one attached hydrogen (secondary N) is 2. The highest BCUT2D eigenvalue weighted by atomic mass is 35.5. The fourth-order valence-electron chi connectivity index (χ4n) is 3.53. The van der Waals surface area contributed by atoms with Crippen LogP contribution in [0.15, 0.2) is 35.2 Å². The maximum absolute atomic E-state index is 12.6. The van der Waals surface area contributed by atoms with Gasteiger partial charge in [0.1, 0.15) is 0 Å². The number of hydrogen-bond donors (Lipinski definition) is 4. The fourth-order valence-corrected chi connectivity index (χ4v) is 5.57. The Morgan fingerprint density at radius 1 is 1.18 bits per heavy atom. The number of H-pyrrole nitrogens is 1. The molecule has 0 saturated heterocycles. The molecule has 1 saturated carbocycles. The molecule has 5 N–H and O–H groups in total. The van der Waals surface area contributed by atoms with Crippen molar-refractivity contribution >= 4 is 49.9 Å². The number of sulfonamides is 1. The Labute approximate surface area is 171 Å². The van der Waals surface area contributed by atoms with E-state index in [1.54, 1.807) is 18.2 Å². The average molecular weight is 441 g/mol. The third kappa shape index (κ3) is 3.35. The number of nitrogens with two attached hydrogens (primary N) is 1. The van der Waals surface area contributed by atoms with Crippen molar-refractivity contribution in [1.82, 2.24) is 14.9 Å². The minimum atomic E-state index is -3.80. The molecule has 1 aliphatic rings.